The van der Waals surface area contributed by atoms with Crippen molar-refractivity contribution in [1.82, 2.24) is 14.9 Å². The lowest BCUT2D eigenvalue weighted by Gasteiger charge is -2.29. The van der Waals surface area contributed by atoms with E-state index in [2.05, 4.69) is 10.3 Å². The van der Waals surface area contributed by atoms with E-state index in [1.54, 1.807) is 12.5 Å². The van der Waals surface area contributed by atoms with Crippen LogP contribution < -0.4 is 11.1 Å². The molecule has 0 aromatic carbocycles. The summed E-state index contributed by atoms with van der Waals surface area (Å²) in [5.41, 5.74) is 5.76. The van der Waals surface area contributed by atoms with Crippen LogP contribution >= 0.6 is 0 Å². The maximum absolute atomic E-state index is 12.1. The molecule has 5 nitrogen and oxygen atoms in total. The maximum atomic E-state index is 12.1. The standard InChI is InChI=1S/C14H24N4O/c15-10-12-4-1-2-5-13(12)14(19)17-6-3-8-18-9-7-16-11-18/h7,9,11-13H,1-6,8,10,15H2,(H,17,19). The Balaban J connectivity index is 1.68. The van der Waals surface area contributed by atoms with Gasteiger partial charge in [0.25, 0.3) is 0 Å². The summed E-state index contributed by atoms with van der Waals surface area (Å²) in [5.74, 6) is 0.704. The third-order valence-corrected chi connectivity index (χ3v) is 4.00. The van der Waals surface area contributed by atoms with Crippen LogP contribution in [-0.2, 0) is 11.3 Å². The molecule has 1 fully saturated rings. The number of nitrogens with two attached hydrogens (primary N) is 1. The number of aryl methyl sites for hydroxylation is 1. The van der Waals surface area contributed by atoms with Crippen molar-refractivity contribution in [2.24, 2.45) is 17.6 Å². The van der Waals surface area contributed by atoms with Crippen LogP contribution in [0.1, 0.15) is 32.1 Å². The number of nitrogens with one attached hydrogen (secondary N) is 1. The number of hydrogen-bond acceptors (Lipinski definition) is 3. The van der Waals surface area contributed by atoms with Gasteiger partial charge in [0, 0.05) is 31.4 Å². The number of imidazole rings is 1. The van der Waals surface area contributed by atoms with Crippen molar-refractivity contribution in [2.75, 3.05) is 13.1 Å². The molecule has 19 heavy (non-hydrogen) atoms. The molecule has 2 rings (SSSR count). The number of nitrogens with zero attached hydrogens (tertiary/aromatic N) is 2. The van der Waals surface area contributed by atoms with E-state index in [1.807, 2.05) is 10.8 Å². The highest BCUT2D eigenvalue weighted by molar-refractivity contribution is 5.79. The summed E-state index contributed by atoms with van der Waals surface area (Å²) < 4.78 is 2.02. The molecular formula is C14H24N4O. The van der Waals surface area contributed by atoms with Crippen molar-refractivity contribution in [3.63, 3.8) is 0 Å². The summed E-state index contributed by atoms with van der Waals surface area (Å²) in [7, 11) is 0. The summed E-state index contributed by atoms with van der Waals surface area (Å²) in [6, 6.07) is 0. The first-order valence-corrected chi connectivity index (χ1v) is 7.25. The molecule has 0 radical (unpaired) electrons. The Labute approximate surface area is 114 Å². The zero-order chi connectivity index (χ0) is 13.5. The van der Waals surface area contributed by atoms with Crippen molar-refractivity contribution < 1.29 is 4.79 Å². The van der Waals surface area contributed by atoms with E-state index in [0.29, 0.717) is 12.5 Å². The van der Waals surface area contributed by atoms with Gasteiger partial charge in [-0.2, -0.15) is 0 Å². The second kappa shape index (κ2) is 7.28. The topological polar surface area (TPSA) is 72.9 Å². The molecule has 1 aliphatic rings. The minimum Gasteiger partial charge on any atom is -0.356 e. The van der Waals surface area contributed by atoms with E-state index in [1.165, 1.54) is 6.42 Å². The number of aromatic nitrogens is 2. The molecule has 1 heterocycles. The quantitative estimate of drug-likeness (QED) is 0.757. The summed E-state index contributed by atoms with van der Waals surface area (Å²) >= 11 is 0. The third kappa shape index (κ3) is 4.06. The fourth-order valence-corrected chi connectivity index (χ4v) is 2.86. The SMILES string of the molecule is NCC1CCCCC1C(=O)NCCCn1ccnc1. The first-order chi connectivity index (χ1) is 9.31. The van der Waals surface area contributed by atoms with Crippen LogP contribution in [-0.4, -0.2) is 28.5 Å². The molecule has 2 atom stereocenters. The van der Waals surface area contributed by atoms with Gasteiger partial charge in [0.05, 0.1) is 6.33 Å². The predicted molar refractivity (Wildman–Crippen MR) is 74.4 cm³/mol. The largest absolute Gasteiger partial charge is 0.356 e. The van der Waals surface area contributed by atoms with Crippen LogP contribution in [0.3, 0.4) is 0 Å². The third-order valence-electron chi connectivity index (χ3n) is 4.00. The molecule has 3 N–H and O–H groups in total. The van der Waals surface area contributed by atoms with Crippen molar-refractivity contribution in [2.45, 2.75) is 38.6 Å². The van der Waals surface area contributed by atoms with Gasteiger partial charge in [0.2, 0.25) is 5.91 Å². The van der Waals surface area contributed by atoms with Crippen LogP contribution in [0.25, 0.3) is 0 Å². The second-order valence-electron chi connectivity index (χ2n) is 5.33. The smallest absolute Gasteiger partial charge is 0.223 e. The Morgan fingerprint density at radius 1 is 1.42 bits per heavy atom. The Kier molecular flexibility index (Phi) is 5.39. The van der Waals surface area contributed by atoms with E-state index in [9.17, 15) is 4.79 Å². The first-order valence-electron chi connectivity index (χ1n) is 7.25. The van der Waals surface area contributed by atoms with Gasteiger partial charge < -0.3 is 15.6 Å². The Morgan fingerprint density at radius 2 is 2.26 bits per heavy atom. The summed E-state index contributed by atoms with van der Waals surface area (Å²) in [4.78, 5) is 16.1. The minimum atomic E-state index is 0.131. The average Bonchev–Trinajstić information content (AvgIpc) is 2.96. The Bertz CT molecular complexity index is 377. The van der Waals surface area contributed by atoms with Gasteiger partial charge in [0.1, 0.15) is 0 Å². The van der Waals surface area contributed by atoms with E-state index in [0.717, 1.165) is 38.8 Å². The molecule has 1 aromatic rings. The van der Waals surface area contributed by atoms with Crippen molar-refractivity contribution in [3.05, 3.63) is 18.7 Å². The highest BCUT2D eigenvalue weighted by Gasteiger charge is 2.29. The van der Waals surface area contributed by atoms with Gasteiger partial charge in [-0.15, -0.1) is 0 Å². The van der Waals surface area contributed by atoms with Gasteiger partial charge in [-0.1, -0.05) is 12.8 Å². The van der Waals surface area contributed by atoms with Gasteiger partial charge in [0.15, 0.2) is 0 Å². The fourth-order valence-electron chi connectivity index (χ4n) is 2.86. The molecule has 5 heteroatoms. The Hall–Kier alpha value is -1.36. The summed E-state index contributed by atoms with van der Waals surface area (Å²) in [6.07, 6.45) is 10.9. The normalized spacial score (nSPS) is 23.2. The van der Waals surface area contributed by atoms with Crippen LogP contribution in [0, 0.1) is 11.8 Å². The van der Waals surface area contributed by atoms with Crippen LogP contribution in [0.4, 0.5) is 0 Å². The maximum Gasteiger partial charge on any atom is 0.223 e. The summed E-state index contributed by atoms with van der Waals surface area (Å²) in [5, 5.41) is 3.05. The van der Waals surface area contributed by atoms with E-state index in [4.69, 9.17) is 5.73 Å². The van der Waals surface area contributed by atoms with Crippen LogP contribution in [0.15, 0.2) is 18.7 Å². The molecule has 0 saturated heterocycles. The molecule has 2 unspecified atom stereocenters. The van der Waals surface area contributed by atoms with Gasteiger partial charge in [-0.05, 0) is 31.7 Å². The van der Waals surface area contributed by atoms with E-state index >= 15 is 0 Å². The molecular weight excluding hydrogens is 240 g/mol. The molecule has 0 bridgehead atoms. The second-order valence-corrected chi connectivity index (χ2v) is 5.33. The number of rotatable bonds is 6. The van der Waals surface area contributed by atoms with Gasteiger partial charge in [-0.3, -0.25) is 4.79 Å². The van der Waals surface area contributed by atoms with Crippen molar-refractivity contribution in [3.8, 4) is 0 Å². The molecule has 1 aromatic heterocycles. The lowest BCUT2D eigenvalue weighted by Crippen LogP contribution is -2.39. The zero-order valence-corrected chi connectivity index (χ0v) is 11.4. The number of amides is 1. The summed E-state index contributed by atoms with van der Waals surface area (Å²) in [6.45, 7) is 2.25. The fraction of sp³-hybridized carbons (Fsp3) is 0.714. The zero-order valence-electron chi connectivity index (χ0n) is 11.4. The Morgan fingerprint density at radius 3 is 3.00 bits per heavy atom. The number of carbonyl (C=O) groups excluding carboxylic acids is 1. The van der Waals surface area contributed by atoms with Gasteiger partial charge in [-0.25, -0.2) is 4.98 Å². The van der Waals surface area contributed by atoms with Crippen molar-refractivity contribution >= 4 is 5.91 Å². The monoisotopic (exact) mass is 264 g/mol. The van der Waals surface area contributed by atoms with Crippen molar-refractivity contribution in [1.29, 1.82) is 0 Å². The van der Waals surface area contributed by atoms with Crippen LogP contribution in [0.5, 0.6) is 0 Å². The molecule has 0 aliphatic heterocycles. The average molecular weight is 264 g/mol. The van der Waals surface area contributed by atoms with E-state index < -0.39 is 0 Å². The molecule has 1 amide bonds. The highest BCUT2D eigenvalue weighted by Crippen LogP contribution is 2.29. The van der Waals surface area contributed by atoms with E-state index in [-0.39, 0.29) is 11.8 Å². The first kappa shape index (κ1) is 14.1. The molecule has 106 valence electrons. The molecule has 0 spiro atoms. The molecule has 1 saturated carbocycles. The lowest BCUT2D eigenvalue weighted by molar-refractivity contribution is -0.127. The molecule has 1 aliphatic carbocycles. The van der Waals surface area contributed by atoms with Gasteiger partial charge >= 0.3 is 0 Å². The number of carbonyl (C=O) groups is 1. The minimum absolute atomic E-state index is 0.131. The number of hydrogen-bond donors (Lipinski definition) is 2. The van der Waals surface area contributed by atoms with Crippen LogP contribution in [0.2, 0.25) is 0 Å². The predicted octanol–water partition coefficient (Wildman–Crippen LogP) is 1.15. The highest BCUT2D eigenvalue weighted by atomic mass is 16.1. The lowest BCUT2D eigenvalue weighted by atomic mass is 9.79.